The Labute approximate surface area is 174 Å². The zero-order valence-corrected chi connectivity index (χ0v) is 17.1. The molecule has 2 amide bonds. The Hall–Kier alpha value is -3.42. The molecule has 0 aliphatic carbocycles. The predicted octanol–water partition coefficient (Wildman–Crippen LogP) is 1.87. The topological polar surface area (TPSA) is 85.0 Å². The van der Waals surface area contributed by atoms with E-state index in [-0.39, 0.29) is 23.9 Å². The van der Waals surface area contributed by atoms with Gasteiger partial charge in [0.25, 0.3) is 11.8 Å². The lowest BCUT2D eigenvalue weighted by molar-refractivity contribution is 0.0660. The molecule has 4 heterocycles. The summed E-state index contributed by atoms with van der Waals surface area (Å²) in [6.45, 7) is 0.624. The number of carbonyl (C=O) groups is 2. The Morgan fingerprint density at radius 3 is 2.60 bits per heavy atom. The van der Waals surface area contributed by atoms with E-state index >= 15 is 0 Å². The fourth-order valence-corrected chi connectivity index (χ4v) is 4.76. The van der Waals surface area contributed by atoms with E-state index in [1.165, 1.54) is 0 Å². The third-order valence-electron chi connectivity index (χ3n) is 6.15. The number of imidazole rings is 2. The molecule has 154 valence electrons. The molecule has 1 saturated heterocycles. The molecule has 8 heteroatoms. The molecule has 1 fully saturated rings. The van der Waals surface area contributed by atoms with Gasteiger partial charge in [0.15, 0.2) is 0 Å². The number of benzene rings is 1. The maximum Gasteiger partial charge on any atom is 0.274 e. The van der Waals surface area contributed by atoms with Crippen LogP contribution in [0.3, 0.4) is 0 Å². The largest absolute Gasteiger partial charge is 0.354 e. The maximum atomic E-state index is 13.3. The lowest BCUT2D eigenvalue weighted by atomic mass is 10.1. The van der Waals surface area contributed by atoms with Gasteiger partial charge in [-0.3, -0.25) is 9.59 Å². The summed E-state index contributed by atoms with van der Waals surface area (Å²) in [4.78, 5) is 36.9. The van der Waals surface area contributed by atoms with Crippen LogP contribution < -0.4 is 5.32 Å². The SMILES string of the molecule is CNC(=O)c1nc(-c2ccccc2)n2c1C[C@@H]1CC[C@H](C2)N1C(=O)c1cn(C)cn1. The first kappa shape index (κ1) is 18.6. The standard InChI is InChI=1S/C22H24N6O2/c1-23-21(29)19-18-10-15-8-9-16(28(15)22(30)17-12-26(2)13-24-17)11-27(18)20(25-19)14-6-4-3-5-7-14/h3-7,12-13,15-16H,8-11H2,1-2H3,(H,23,29)/t15-,16+/m0/s1. The van der Waals surface area contributed by atoms with Crippen LogP contribution in [0.4, 0.5) is 0 Å². The van der Waals surface area contributed by atoms with E-state index in [2.05, 4.69) is 14.9 Å². The first-order chi connectivity index (χ1) is 14.6. The van der Waals surface area contributed by atoms with Crippen molar-refractivity contribution in [2.75, 3.05) is 7.05 Å². The van der Waals surface area contributed by atoms with Gasteiger partial charge in [0.05, 0.1) is 18.1 Å². The maximum absolute atomic E-state index is 13.3. The van der Waals surface area contributed by atoms with Gasteiger partial charge in [-0.05, 0) is 12.8 Å². The molecular formula is C22H24N6O2. The Bertz CT molecular complexity index is 1120. The molecule has 3 aromatic rings. The fraction of sp³-hybridized carbons (Fsp3) is 0.364. The number of nitrogens with one attached hydrogen (secondary N) is 1. The summed E-state index contributed by atoms with van der Waals surface area (Å²) in [7, 11) is 3.48. The number of carbonyl (C=O) groups excluding carboxylic acids is 2. The third kappa shape index (κ3) is 2.91. The quantitative estimate of drug-likeness (QED) is 0.722. The van der Waals surface area contributed by atoms with Crippen molar-refractivity contribution < 1.29 is 9.59 Å². The van der Waals surface area contributed by atoms with Crippen molar-refractivity contribution in [1.82, 2.24) is 29.3 Å². The van der Waals surface area contributed by atoms with Crippen molar-refractivity contribution in [3.8, 4) is 11.4 Å². The Balaban J connectivity index is 1.58. The van der Waals surface area contributed by atoms with E-state index in [1.54, 1.807) is 24.1 Å². The van der Waals surface area contributed by atoms with Gasteiger partial charge in [-0.15, -0.1) is 0 Å². The second kappa shape index (κ2) is 7.12. The summed E-state index contributed by atoms with van der Waals surface area (Å²) >= 11 is 0. The average Bonchev–Trinajstić information content (AvgIpc) is 3.43. The molecule has 0 radical (unpaired) electrons. The number of hydrogen-bond acceptors (Lipinski definition) is 4. The average molecular weight is 404 g/mol. The first-order valence-electron chi connectivity index (χ1n) is 10.2. The highest BCUT2D eigenvalue weighted by Gasteiger charge is 2.42. The number of fused-ring (bicyclic) bond motifs is 3. The third-order valence-corrected chi connectivity index (χ3v) is 6.15. The van der Waals surface area contributed by atoms with Gasteiger partial charge in [-0.25, -0.2) is 9.97 Å². The molecule has 30 heavy (non-hydrogen) atoms. The lowest BCUT2D eigenvalue weighted by Crippen LogP contribution is -2.42. The van der Waals surface area contributed by atoms with Crippen molar-refractivity contribution in [1.29, 1.82) is 0 Å². The normalized spacial score (nSPS) is 20.0. The van der Waals surface area contributed by atoms with Crippen LogP contribution in [0.2, 0.25) is 0 Å². The number of aromatic nitrogens is 4. The second-order valence-corrected chi connectivity index (χ2v) is 8.01. The van der Waals surface area contributed by atoms with E-state index in [0.717, 1.165) is 29.9 Å². The van der Waals surface area contributed by atoms with Gasteiger partial charge in [0, 0.05) is 44.9 Å². The van der Waals surface area contributed by atoms with Gasteiger partial charge in [-0.2, -0.15) is 0 Å². The minimum atomic E-state index is -0.193. The van der Waals surface area contributed by atoms with Crippen molar-refractivity contribution in [3.63, 3.8) is 0 Å². The molecule has 0 saturated carbocycles. The van der Waals surface area contributed by atoms with Crippen molar-refractivity contribution in [2.24, 2.45) is 7.05 Å². The van der Waals surface area contributed by atoms with Crippen molar-refractivity contribution in [2.45, 2.75) is 37.9 Å². The summed E-state index contributed by atoms with van der Waals surface area (Å²) in [6.07, 6.45) is 5.88. The molecule has 2 aromatic heterocycles. The Morgan fingerprint density at radius 1 is 1.13 bits per heavy atom. The monoisotopic (exact) mass is 404 g/mol. The molecule has 2 aliphatic rings. The van der Waals surface area contributed by atoms with Gasteiger partial charge in [-0.1, -0.05) is 30.3 Å². The van der Waals surface area contributed by atoms with E-state index in [0.29, 0.717) is 24.4 Å². The highest BCUT2D eigenvalue weighted by molar-refractivity contribution is 5.95. The van der Waals surface area contributed by atoms with Crippen LogP contribution in [0.25, 0.3) is 11.4 Å². The Kier molecular flexibility index (Phi) is 4.42. The molecule has 8 nitrogen and oxygen atoms in total. The summed E-state index contributed by atoms with van der Waals surface area (Å²) in [5, 5.41) is 2.72. The van der Waals surface area contributed by atoms with E-state index in [1.807, 2.05) is 42.3 Å². The van der Waals surface area contributed by atoms with E-state index < -0.39 is 0 Å². The molecule has 0 spiro atoms. The minimum Gasteiger partial charge on any atom is -0.354 e. The molecule has 1 N–H and O–H groups in total. The van der Waals surface area contributed by atoms with E-state index in [9.17, 15) is 9.59 Å². The summed E-state index contributed by atoms with van der Waals surface area (Å²) in [5.41, 5.74) is 2.79. The zero-order valence-electron chi connectivity index (χ0n) is 17.1. The lowest BCUT2D eigenvalue weighted by Gasteiger charge is -2.27. The van der Waals surface area contributed by atoms with E-state index in [4.69, 9.17) is 4.98 Å². The molecule has 5 rings (SSSR count). The molecule has 0 unspecified atom stereocenters. The number of aryl methyl sites for hydroxylation is 1. The number of hydrogen-bond donors (Lipinski definition) is 1. The van der Waals surface area contributed by atoms with Crippen LogP contribution >= 0.6 is 0 Å². The van der Waals surface area contributed by atoms with Crippen LogP contribution in [0, 0.1) is 0 Å². The number of amides is 2. The van der Waals surface area contributed by atoms with Gasteiger partial charge < -0.3 is 19.4 Å². The molecule has 2 atom stereocenters. The van der Waals surface area contributed by atoms with Crippen LogP contribution in [-0.4, -0.2) is 54.9 Å². The van der Waals surface area contributed by atoms with Crippen molar-refractivity contribution in [3.05, 3.63) is 59.9 Å². The number of rotatable bonds is 3. The molecular weight excluding hydrogens is 380 g/mol. The van der Waals surface area contributed by atoms with Crippen LogP contribution in [-0.2, 0) is 20.0 Å². The zero-order chi connectivity index (χ0) is 20.8. The van der Waals surface area contributed by atoms with Gasteiger partial charge in [0.1, 0.15) is 17.2 Å². The van der Waals surface area contributed by atoms with Gasteiger partial charge >= 0.3 is 0 Å². The molecule has 2 bridgehead atoms. The fourth-order valence-electron chi connectivity index (χ4n) is 4.76. The molecule has 2 aliphatic heterocycles. The molecule has 1 aromatic carbocycles. The number of nitrogens with zero attached hydrogens (tertiary/aromatic N) is 5. The second-order valence-electron chi connectivity index (χ2n) is 8.01. The first-order valence-corrected chi connectivity index (χ1v) is 10.2. The van der Waals surface area contributed by atoms with Crippen LogP contribution in [0.1, 0.15) is 39.5 Å². The van der Waals surface area contributed by atoms with Gasteiger partial charge in [0.2, 0.25) is 0 Å². The predicted molar refractivity (Wildman–Crippen MR) is 111 cm³/mol. The summed E-state index contributed by atoms with van der Waals surface area (Å²) < 4.78 is 3.93. The van der Waals surface area contributed by atoms with Crippen LogP contribution in [0.15, 0.2) is 42.9 Å². The summed E-state index contributed by atoms with van der Waals surface area (Å²) in [5.74, 6) is 0.549. The summed E-state index contributed by atoms with van der Waals surface area (Å²) in [6, 6.07) is 10.00. The van der Waals surface area contributed by atoms with Crippen LogP contribution in [0.5, 0.6) is 0 Å². The Morgan fingerprint density at radius 2 is 1.90 bits per heavy atom. The highest BCUT2D eigenvalue weighted by Crippen LogP contribution is 2.36. The minimum absolute atomic E-state index is 0.0366. The van der Waals surface area contributed by atoms with Crippen molar-refractivity contribution >= 4 is 11.8 Å². The highest BCUT2D eigenvalue weighted by atomic mass is 16.2. The smallest absolute Gasteiger partial charge is 0.274 e.